The zero-order chi connectivity index (χ0) is 38.0. The SMILES string of the molecule is CN(C[C@@H](NC(=O)N[C@H]1CCCCCCCCC[C@@H](C(=O)C(=O)NC2CC2)NC(=O)[C@@H]2[C@@H]3[C@H](CN2C1=O)C3(C)C)C(C)(C)C)S(=O)(=O)c1cccs1. The second-order valence-electron chi connectivity index (χ2n) is 16.9. The van der Waals surface area contributed by atoms with Crippen molar-refractivity contribution in [3.8, 4) is 0 Å². The molecular formula is C37H58N6O7S2. The number of carbonyl (C=O) groups is 5. The van der Waals surface area contributed by atoms with Crippen LogP contribution in [0.1, 0.15) is 105 Å². The zero-order valence-electron chi connectivity index (χ0n) is 31.5. The van der Waals surface area contributed by atoms with E-state index in [2.05, 4.69) is 35.1 Å². The van der Waals surface area contributed by atoms with Gasteiger partial charge in [0.2, 0.25) is 17.6 Å². The van der Waals surface area contributed by atoms with Crippen LogP contribution in [0.4, 0.5) is 4.79 Å². The molecule has 0 spiro atoms. The Hall–Kier alpha value is -3.04. The average molecular weight is 763 g/mol. The fourth-order valence-corrected chi connectivity index (χ4v) is 10.2. The molecule has 3 heterocycles. The highest BCUT2D eigenvalue weighted by Crippen LogP contribution is 2.65. The van der Waals surface area contributed by atoms with Gasteiger partial charge in [-0.15, -0.1) is 11.3 Å². The molecule has 4 aliphatic rings. The van der Waals surface area contributed by atoms with E-state index in [-0.39, 0.29) is 40.0 Å². The van der Waals surface area contributed by atoms with Crippen molar-refractivity contribution >= 4 is 50.9 Å². The number of piperidine rings is 1. The van der Waals surface area contributed by atoms with Gasteiger partial charge in [-0.05, 0) is 59.8 Å². The number of rotatable bonds is 9. The first-order valence-electron chi connectivity index (χ1n) is 19.0. The van der Waals surface area contributed by atoms with Crippen LogP contribution in [0.15, 0.2) is 21.7 Å². The highest BCUT2D eigenvalue weighted by atomic mass is 32.2. The minimum Gasteiger partial charge on any atom is -0.347 e. The number of likely N-dealkylation sites (N-methyl/N-ethyl adjacent to an activating group) is 1. The Labute approximate surface area is 312 Å². The van der Waals surface area contributed by atoms with E-state index in [1.807, 2.05) is 20.8 Å². The van der Waals surface area contributed by atoms with Gasteiger partial charge in [0.15, 0.2) is 0 Å². The second-order valence-corrected chi connectivity index (χ2v) is 20.1. The number of nitrogens with zero attached hydrogens (tertiary/aromatic N) is 2. The summed E-state index contributed by atoms with van der Waals surface area (Å²) >= 11 is 1.13. The van der Waals surface area contributed by atoms with Crippen molar-refractivity contribution in [1.82, 2.24) is 30.5 Å². The molecule has 290 valence electrons. The lowest BCUT2D eigenvalue weighted by atomic mass is 9.86. The molecule has 5 rings (SSSR count). The van der Waals surface area contributed by atoms with Crippen LogP contribution in [-0.4, -0.2) is 97.5 Å². The minimum atomic E-state index is -3.76. The van der Waals surface area contributed by atoms with Gasteiger partial charge in [0.1, 0.15) is 16.3 Å². The molecular weight excluding hydrogens is 705 g/mol. The monoisotopic (exact) mass is 762 g/mol. The van der Waals surface area contributed by atoms with Crippen LogP contribution in [0.25, 0.3) is 0 Å². The standard InChI is InChI=1S/C37H58N6O7S2/c1-36(2,3)27(22-42(6)52(49,50)28-17-14-20-51-28)41-35(48)40-26-16-13-11-9-7-8-10-12-15-25(31(44)33(46)38-23-18-19-23)39-32(45)30-29-24(37(29,4)5)21-43(30)34(26)47/h14,17,20,23-27,29-30H,7-13,15-16,18-19,21-22H2,1-6H3,(H,38,46)(H,39,45)(H2,40,41,48)/t24-,25-,26-,27+,29-,30-/m0/s1. The van der Waals surface area contributed by atoms with Crippen molar-refractivity contribution in [3.63, 3.8) is 0 Å². The number of thiophene rings is 1. The lowest BCUT2D eigenvalue weighted by Crippen LogP contribution is -2.60. The molecule has 52 heavy (non-hydrogen) atoms. The van der Waals surface area contributed by atoms with Crippen molar-refractivity contribution < 1.29 is 32.4 Å². The molecule has 6 atom stereocenters. The summed E-state index contributed by atoms with van der Waals surface area (Å²) in [6.45, 7) is 10.3. The zero-order valence-corrected chi connectivity index (χ0v) is 33.2. The van der Waals surface area contributed by atoms with Gasteiger partial charge in [-0.3, -0.25) is 19.2 Å². The summed E-state index contributed by atoms with van der Waals surface area (Å²) in [6.07, 6.45) is 8.44. The number of hydrogen-bond acceptors (Lipinski definition) is 8. The van der Waals surface area contributed by atoms with Crippen LogP contribution >= 0.6 is 11.3 Å². The summed E-state index contributed by atoms with van der Waals surface area (Å²) in [5.41, 5.74) is -0.715. The quantitative estimate of drug-likeness (QED) is 0.277. The van der Waals surface area contributed by atoms with E-state index in [0.29, 0.717) is 32.2 Å². The number of urea groups is 1. The largest absolute Gasteiger partial charge is 0.347 e. The van der Waals surface area contributed by atoms with Gasteiger partial charge in [0, 0.05) is 32.2 Å². The second kappa shape index (κ2) is 16.1. The maximum Gasteiger partial charge on any atom is 0.315 e. The van der Waals surface area contributed by atoms with Gasteiger partial charge in [0.25, 0.3) is 15.9 Å². The van der Waals surface area contributed by atoms with Crippen LogP contribution in [0.2, 0.25) is 0 Å². The molecule has 4 fully saturated rings. The maximum atomic E-state index is 14.4. The van der Waals surface area contributed by atoms with Crippen molar-refractivity contribution in [2.75, 3.05) is 20.1 Å². The van der Waals surface area contributed by atoms with Gasteiger partial charge >= 0.3 is 6.03 Å². The van der Waals surface area contributed by atoms with Crippen LogP contribution in [-0.2, 0) is 29.2 Å². The fraction of sp³-hybridized carbons (Fsp3) is 0.757. The molecule has 1 aromatic heterocycles. The highest BCUT2D eigenvalue weighted by molar-refractivity contribution is 7.91. The number of nitrogens with one attached hydrogen (secondary N) is 4. The summed E-state index contributed by atoms with van der Waals surface area (Å²) < 4.78 is 27.9. The number of amides is 5. The Morgan fingerprint density at radius 2 is 1.63 bits per heavy atom. The molecule has 2 saturated heterocycles. The van der Waals surface area contributed by atoms with Crippen LogP contribution < -0.4 is 21.3 Å². The minimum absolute atomic E-state index is 0.00907. The lowest BCUT2D eigenvalue weighted by molar-refractivity contribution is -0.144. The van der Waals surface area contributed by atoms with E-state index in [4.69, 9.17) is 0 Å². The molecule has 2 saturated carbocycles. The molecule has 13 nitrogen and oxygen atoms in total. The molecule has 2 aliphatic carbocycles. The number of fused-ring (bicyclic) bond motifs is 3. The summed E-state index contributed by atoms with van der Waals surface area (Å²) in [6, 6.07) is -0.692. The van der Waals surface area contributed by atoms with Gasteiger partial charge < -0.3 is 26.2 Å². The smallest absolute Gasteiger partial charge is 0.315 e. The van der Waals surface area contributed by atoms with Crippen molar-refractivity contribution in [3.05, 3.63) is 17.5 Å². The number of carbonyl (C=O) groups excluding carboxylic acids is 5. The first kappa shape index (κ1) is 40.2. The van der Waals surface area contributed by atoms with Crippen LogP contribution in [0.5, 0.6) is 0 Å². The average Bonchev–Trinajstić information content (AvgIpc) is 3.75. The summed E-state index contributed by atoms with van der Waals surface area (Å²) in [4.78, 5) is 70.0. The number of sulfonamides is 1. The van der Waals surface area contributed by atoms with Gasteiger partial charge in [-0.25, -0.2) is 13.2 Å². The highest BCUT2D eigenvalue weighted by Gasteiger charge is 2.69. The van der Waals surface area contributed by atoms with Crippen molar-refractivity contribution in [2.24, 2.45) is 22.7 Å². The molecule has 0 bridgehead atoms. The van der Waals surface area contributed by atoms with E-state index >= 15 is 0 Å². The molecule has 0 radical (unpaired) electrons. The van der Waals surface area contributed by atoms with E-state index in [1.165, 1.54) is 11.4 Å². The molecule has 4 N–H and O–H groups in total. The molecule has 15 heteroatoms. The Morgan fingerprint density at radius 3 is 2.23 bits per heavy atom. The Bertz CT molecular complexity index is 1590. The van der Waals surface area contributed by atoms with E-state index in [0.717, 1.165) is 56.3 Å². The van der Waals surface area contributed by atoms with Crippen molar-refractivity contribution in [1.29, 1.82) is 0 Å². The molecule has 0 aromatic carbocycles. The molecule has 0 unspecified atom stereocenters. The third kappa shape index (κ3) is 9.36. The number of hydrogen-bond donors (Lipinski definition) is 4. The lowest BCUT2D eigenvalue weighted by Gasteiger charge is -2.36. The Balaban J connectivity index is 1.34. The van der Waals surface area contributed by atoms with E-state index in [1.54, 1.807) is 22.4 Å². The van der Waals surface area contributed by atoms with Crippen molar-refractivity contribution in [2.45, 2.75) is 140 Å². The molecule has 5 amide bonds. The predicted molar refractivity (Wildman–Crippen MR) is 199 cm³/mol. The Morgan fingerprint density at radius 1 is 1.00 bits per heavy atom. The van der Waals surface area contributed by atoms with Gasteiger partial charge in [0.05, 0.1) is 6.04 Å². The predicted octanol–water partition coefficient (Wildman–Crippen LogP) is 3.79. The molecule has 2 aliphatic heterocycles. The maximum absolute atomic E-state index is 14.4. The van der Waals surface area contributed by atoms with Gasteiger partial charge in [-0.1, -0.05) is 85.6 Å². The fourth-order valence-electron chi connectivity index (χ4n) is 7.83. The van der Waals surface area contributed by atoms with Gasteiger partial charge in [-0.2, -0.15) is 4.31 Å². The van der Waals surface area contributed by atoms with Crippen LogP contribution in [0, 0.1) is 22.7 Å². The molecule has 1 aromatic rings. The van der Waals surface area contributed by atoms with E-state index in [9.17, 15) is 32.4 Å². The Kier molecular flexibility index (Phi) is 12.5. The third-order valence-corrected chi connectivity index (χ3v) is 14.8. The third-order valence-electron chi connectivity index (χ3n) is 11.6. The van der Waals surface area contributed by atoms with Crippen LogP contribution in [0.3, 0.4) is 0 Å². The topological polar surface area (TPSA) is 174 Å². The first-order valence-corrected chi connectivity index (χ1v) is 21.3. The normalized spacial score (nSPS) is 27.9. The number of ketones is 1. The first-order chi connectivity index (χ1) is 24.4. The summed E-state index contributed by atoms with van der Waals surface area (Å²) in [7, 11) is -2.27. The summed E-state index contributed by atoms with van der Waals surface area (Å²) in [5, 5.41) is 13.2. The van der Waals surface area contributed by atoms with E-state index < -0.39 is 63.2 Å². The number of Topliss-reactive ketones (excluding diaryl/α,β-unsaturated/α-hetero) is 1. The summed E-state index contributed by atoms with van der Waals surface area (Å²) in [5.74, 6) is -2.16.